The van der Waals surface area contributed by atoms with E-state index in [2.05, 4.69) is 15.6 Å². The Morgan fingerprint density at radius 2 is 2.10 bits per heavy atom. The van der Waals surface area contributed by atoms with Crippen LogP contribution in [-0.4, -0.2) is 24.0 Å². The van der Waals surface area contributed by atoms with Crippen LogP contribution in [0.3, 0.4) is 0 Å². The Morgan fingerprint density at radius 1 is 1.29 bits per heavy atom. The third kappa shape index (κ3) is 4.45. The lowest BCUT2D eigenvalue weighted by atomic mass is 10.3. The number of ether oxygens (including phenoxy) is 1. The fourth-order valence-corrected chi connectivity index (χ4v) is 1.66. The van der Waals surface area contributed by atoms with Crippen LogP contribution in [0, 0.1) is 5.82 Å². The summed E-state index contributed by atoms with van der Waals surface area (Å²) in [5.41, 5.74) is 0.844. The van der Waals surface area contributed by atoms with Crippen molar-refractivity contribution >= 4 is 17.3 Å². The lowest BCUT2D eigenvalue weighted by Crippen LogP contribution is -2.22. The Hall–Kier alpha value is -2.63. The fraction of sp³-hybridized carbons (Fsp3) is 0.200. The van der Waals surface area contributed by atoms with Crippen LogP contribution in [0.4, 0.5) is 15.8 Å². The van der Waals surface area contributed by atoms with E-state index >= 15 is 0 Å². The minimum absolute atomic E-state index is 0.0179. The zero-order chi connectivity index (χ0) is 15.1. The normalized spacial score (nSPS) is 10.0. The van der Waals surface area contributed by atoms with Gasteiger partial charge in [0.15, 0.2) is 0 Å². The first-order valence-corrected chi connectivity index (χ1v) is 6.56. The van der Waals surface area contributed by atoms with Crippen molar-refractivity contribution in [2.24, 2.45) is 0 Å². The SMILES string of the molecule is CCOc1ccc(NCC(=O)Nc2ccccc2F)cn1. The van der Waals surface area contributed by atoms with E-state index < -0.39 is 5.82 Å². The molecule has 1 heterocycles. The van der Waals surface area contributed by atoms with Gasteiger partial charge in [-0.1, -0.05) is 12.1 Å². The van der Waals surface area contributed by atoms with E-state index in [-0.39, 0.29) is 18.1 Å². The van der Waals surface area contributed by atoms with Crippen molar-refractivity contribution in [3.63, 3.8) is 0 Å². The summed E-state index contributed by atoms with van der Waals surface area (Å²) in [6.45, 7) is 2.44. The lowest BCUT2D eigenvalue weighted by molar-refractivity contribution is -0.114. The topological polar surface area (TPSA) is 63.2 Å². The first kappa shape index (κ1) is 14.8. The molecule has 0 aliphatic rings. The third-order valence-corrected chi connectivity index (χ3v) is 2.63. The summed E-state index contributed by atoms with van der Waals surface area (Å²) in [6.07, 6.45) is 1.57. The molecule has 2 rings (SSSR count). The number of aromatic nitrogens is 1. The minimum atomic E-state index is -0.464. The highest BCUT2D eigenvalue weighted by Crippen LogP contribution is 2.13. The zero-order valence-electron chi connectivity index (χ0n) is 11.6. The van der Waals surface area contributed by atoms with Crippen LogP contribution in [0.1, 0.15) is 6.92 Å². The average molecular weight is 289 g/mol. The molecular formula is C15H16FN3O2. The van der Waals surface area contributed by atoms with E-state index in [0.29, 0.717) is 18.2 Å². The number of hydrogen-bond acceptors (Lipinski definition) is 4. The number of rotatable bonds is 6. The maximum absolute atomic E-state index is 13.4. The number of pyridine rings is 1. The van der Waals surface area contributed by atoms with Gasteiger partial charge in [0.25, 0.3) is 0 Å². The second-order valence-electron chi connectivity index (χ2n) is 4.20. The number of nitrogens with one attached hydrogen (secondary N) is 2. The quantitative estimate of drug-likeness (QED) is 0.858. The van der Waals surface area contributed by atoms with Gasteiger partial charge in [0.05, 0.1) is 30.7 Å². The first-order chi connectivity index (χ1) is 10.2. The van der Waals surface area contributed by atoms with Crippen molar-refractivity contribution in [1.82, 2.24) is 4.98 Å². The van der Waals surface area contributed by atoms with Crippen LogP contribution < -0.4 is 15.4 Å². The number of anilines is 2. The van der Waals surface area contributed by atoms with E-state index in [1.54, 1.807) is 30.5 Å². The molecule has 0 spiro atoms. The predicted molar refractivity (Wildman–Crippen MR) is 78.9 cm³/mol. The molecule has 0 bridgehead atoms. The van der Waals surface area contributed by atoms with Crippen LogP contribution in [0.2, 0.25) is 0 Å². The molecule has 0 aliphatic carbocycles. The maximum Gasteiger partial charge on any atom is 0.243 e. The summed E-state index contributed by atoms with van der Waals surface area (Å²) in [7, 11) is 0. The molecule has 0 saturated carbocycles. The molecule has 2 N–H and O–H groups in total. The number of halogens is 1. The molecule has 0 atom stereocenters. The molecule has 21 heavy (non-hydrogen) atoms. The zero-order valence-corrected chi connectivity index (χ0v) is 11.6. The van der Waals surface area contributed by atoms with Crippen LogP contribution >= 0.6 is 0 Å². The minimum Gasteiger partial charge on any atom is -0.478 e. The van der Waals surface area contributed by atoms with Gasteiger partial charge in [-0.15, -0.1) is 0 Å². The van der Waals surface area contributed by atoms with Gasteiger partial charge in [-0.2, -0.15) is 0 Å². The highest BCUT2D eigenvalue weighted by molar-refractivity contribution is 5.93. The number of para-hydroxylation sites is 1. The van der Waals surface area contributed by atoms with Gasteiger partial charge in [0, 0.05) is 6.07 Å². The number of carbonyl (C=O) groups is 1. The van der Waals surface area contributed by atoms with Crippen molar-refractivity contribution < 1.29 is 13.9 Å². The molecule has 6 heteroatoms. The van der Waals surface area contributed by atoms with Crippen LogP contribution in [0.15, 0.2) is 42.6 Å². The van der Waals surface area contributed by atoms with Gasteiger partial charge in [-0.05, 0) is 25.1 Å². The number of carbonyl (C=O) groups excluding carboxylic acids is 1. The molecule has 1 aromatic heterocycles. The Labute approximate surface area is 122 Å². The van der Waals surface area contributed by atoms with Gasteiger partial charge in [0.2, 0.25) is 11.8 Å². The predicted octanol–water partition coefficient (Wildman–Crippen LogP) is 2.67. The molecule has 0 saturated heterocycles. The van der Waals surface area contributed by atoms with Gasteiger partial charge < -0.3 is 15.4 Å². The molecule has 0 fully saturated rings. The van der Waals surface area contributed by atoms with Crippen LogP contribution in [0.25, 0.3) is 0 Å². The standard InChI is InChI=1S/C15H16FN3O2/c1-2-21-15-8-7-11(9-18-15)17-10-14(20)19-13-6-4-3-5-12(13)16/h3-9,17H,2,10H2,1H3,(H,19,20). The second-order valence-corrected chi connectivity index (χ2v) is 4.20. The highest BCUT2D eigenvalue weighted by atomic mass is 19.1. The molecule has 0 aliphatic heterocycles. The van der Waals surface area contributed by atoms with Crippen molar-refractivity contribution in [3.05, 3.63) is 48.4 Å². The highest BCUT2D eigenvalue weighted by Gasteiger charge is 2.06. The summed E-state index contributed by atoms with van der Waals surface area (Å²) < 4.78 is 18.6. The molecule has 5 nitrogen and oxygen atoms in total. The molecule has 1 aromatic carbocycles. The van der Waals surface area contributed by atoms with E-state index in [1.165, 1.54) is 12.1 Å². The molecule has 0 unspecified atom stereocenters. The smallest absolute Gasteiger partial charge is 0.243 e. The van der Waals surface area contributed by atoms with Gasteiger partial charge in [-0.3, -0.25) is 4.79 Å². The fourth-order valence-electron chi connectivity index (χ4n) is 1.66. The van der Waals surface area contributed by atoms with E-state index in [1.807, 2.05) is 6.92 Å². The van der Waals surface area contributed by atoms with Crippen LogP contribution in [0.5, 0.6) is 5.88 Å². The first-order valence-electron chi connectivity index (χ1n) is 6.56. The summed E-state index contributed by atoms with van der Waals surface area (Å²) in [4.78, 5) is 15.8. The monoisotopic (exact) mass is 289 g/mol. The molecule has 2 aromatic rings. The lowest BCUT2D eigenvalue weighted by Gasteiger charge is -2.08. The number of hydrogen-bond donors (Lipinski definition) is 2. The van der Waals surface area contributed by atoms with Crippen molar-refractivity contribution in [3.8, 4) is 5.88 Å². The number of benzene rings is 1. The van der Waals surface area contributed by atoms with Crippen molar-refractivity contribution in [2.45, 2.75) is 6.92 Å². The summed E-state index contributed by atoms with van der Waals surface area (Å²) in [6, 6.07) is 9.48. The van der Waals surface area contributed by atoms with Gasteiger partial charge >= 0.3 is 0 Å². The van der Waals surface area contributed by atoms with E-state index in [9.17, 15) is 9.18 Å². The Balaban J connectivity index is 1.85. The van der Waals surface area contributed by atoms with E-state index in [4.69, 9.17) is 4.74 Å². The van der Waals surface area contributed by atoms with Crippen molar-refractivity contribution in [2.75, 3.05) is 23.8 Å². The van der Waals surface area contributed by atoms with Crippen molar-refractivity contribution in [1.29, 1.82) is 0 Å². The number of amides is 1. The molecule has 110 valence electrons. The summed E-state index contributed by atoms with van der Waals surface area (Å²) >= 11 is 0. The average Bonchev–Trinajstić information content (AvgIpc) is 2.49. The number of nitrogens with zero attached hydrogens (tertiary/aromatic N) is 1. The summed E-state index contributed by atoms with van der Waals surface area (Å²) in [5.74, 6) is -0.276. The Bertz CT molecular complexity index is 602. The molecular weight excluding hydrogens is 273 g/mol. The molecule has 0 radical (unpaired) electrons. The Morgan fingerprint density at radius 3 is 2.76 bits per heavy atom. The summed E-state index contributed by atoms with van der Waals surface area (Å²) in [5, 5.41) is 5.39. The third-order valence-electron chi connectivity index (χ3n) is 2.63. The van der Waals surface area contributed by atoms with Gasteiger partial charge in [-0.25, -0.2) is 9.37 Å². The van der Waals surface area contributed by atoms with E-state index in [0.717, 1.165) is 0 Å². The molecule has 1 amide bonds. The van der Waals surface area contributed by atoms with Crippen LogP contribution in [-0.2, 0) is 4.79 Å². The Kier molecular flexibility index (Phi) is 5.09. The van der Waals surface area contributed by atoms with Gasteiger partial charge in [0.1, 0.15) is 5.82 Å². The maximum atomic E-state index is 13.4. The second kappa shape index (κ2) is 7.23. The largest absolute Gasteiger partial charge is 0.478 e.